The van der Waals surface area contributed by atoms with Gasteiger partial charge in [0.05, 0.1) is 12.4 Å². The third kappa shape index (κ3) is 4.01. The number of likely N-dealkylation sites (N-methyl/N-ethyl adjacent to an activating group) is 1. The van der Waals surface area contributed by atoms with Gasteiger partial charge in [0.25, 0.3) is 0 Å². The van der Waals surface area contributed by atoms with Gasteiger partial charge in [-0.15, -0.1) is 0 Å². The Morgan fingerprint density at radius 2 is 2.25 bits per heavy atom. The summed E-state index contributed by atoms with van der Waals surface area (Å²) in [4.78, 5) is 0. The Kier molecular flexibility index (Phi) is 5.68. The molecule has 1 unspecified atom stereocenters. The lowest BCUT2D eigenvalue weighted by Crippen LogP contribution is -2.42. The van der Waals surface area contributed by atoms with Crippen molar-refractivity contribution in [3.63, 3.8) is 0 Å². The zero-order valence-electron chi connectivity index (χ0n) is 10.1. The Labute approximate surface area is 98.2 Å². The van der Waals surface area contributed by atoms with Crippen LogP contribution in [0.4, 0.5) is 0 Å². The Hall–Kier alpha value is -0.170. The first-order valence-electron chi connectivity index (χ1n) is 5.80. The summed E-state index contributed by atoms with van der Waals surface area (Å²) in [6.07, 6.45) is 2.20. The molecule has 0 bridgehead atoms. The third-order valence-corrected chi connectivity index (χ3v) is 4.75. The minimum Gasteiger partial charge on any atom is -0.384 e. The van der Waals surface area contributed by atoms with Crippen molar-refractivity contribution in [2.45, 2.75) is 25.8 Å². The molecule has 0 aromatic heterocycles. The molecule has 6 heteroatoms. The van der Waals surface area contributed by atoms with Crippen LogP contribution < -0.4 is 5.32 Å². The van der Waals surface area contributed by atoms with Crippen LogP contribution in [0.15, 0.2) is 0 Å². The van der Waals surface area contributed by atoms with Crippen LogP contribution in [-0.2, 0) is 14.8 Å². The summed E-state index contributed by atoms with van der Waals surface area (Å²) in [5.41, 5.74) is 0. The van der Waals surface area contributed by atoms with Crippen molar-refractivity contribution in [3.05, 3.63) is 0 Å². The van der Waals surface area contributed by atoms with E-state index in [-0.39, 0.29) is 12.4 Å². The van der Waals surface area contributed by atoms with Crippen molar-refractivity contribution in [2.75, 3.05) is 39.1 Å². The van der Waals surface area contributed by atoms with Crippen LogP contribution in [0.2, 0.25) is 0 Å². The molecule has 0 aliphatic carbocycles. The number of hydrogen-bond donors (Lipinski definition) is 1. The number of sulfonamides is 1. The molecule has 16 heavy (non-hydrogen) atoms. The summed E-state index contributed by atoms with van der Waals surface area (Å²) in [6, 6.07) is 0.317. The predicted octanol–water partition coefficient (Wildman–Crippen LogP) is 0.0365. The molecular weight excluding hydrogens is 228 g/mol. The van der Waals surface area contributed by atoms with Gasteiger partial charge in [-0.1, -0.05) is 6.92 Å². The molecule has 0 spiro atoms. The quantitative estimate of drug-likeness (QED) is 0.693. The fraction of sp³-hybridized carbons (Fsp3) is 1.00. The van der Waals surface area contributed by atoms with Crippen molar-refractivity contribution < 1.29 is 13.2 Å². The fourth-order valence-corrected chi connectivity index (χ4v) is 3.35. The smallest absolute Gasteiger partial charge is 0.216 e. The Bertz CT molecular complexity index is 286. The highest BCUT2D eigenvalue weighted by Gasteiger charge is 2.25. The maximum absolute atomic E-state index is 11.9. The number of methoxy groups -OCH3 is 1. The molecule has 1 N–H and O–H groups in total. The summed E-state index contributed by atoms with van der Waals surface area (Å²) < 4.78 is 30.2. The van der Waals surface area contributed by atoms with Gasteiger partial charge in [-0.3, -0.25) is 0 Å². The maximum atomic E-state index is 11.9. The first-order chi connectivity index (χ1) is 7.60. The topological polar surface area (TPSA) is 58.6 Å². The molecule has 5 nitrogen and oxygen atoms in total. The van der Waals surface area contributed by atoms with Crippen LogP contribution in [0.1, 0.15) is 19.8 Å². The van der Waals surface area contributed by atoms with Crippen LogP contribution in [0.3, 0.4) is 0 Å². The fourth-order valence-electron chi connectivity index (χ4n) is 1.92. The van der Waals surface area contributed by atoms with Crippen molar-refractivity contribution in [1.29, 1.82) is 0 Å². The Balaban J connectivity index is 2.51. The first kappa shape index (κ1) is 13.9. The highest BCUT2D eigenvalue weighted by molar-refractivity contribution is 7.89. The molecular formula is C10H22N2O3S. The molecule has 0 saturated carbocycles. The van der Waals surface area contributed by atoms with Gasteiger partial charge in [-0.2, -0.15) is 0 Å². The average Bonchev–Trinajstić information content (AvgIpc) is 2.75. The van der Waals surface area contributed by atoms with Gasteiger partial charge in [-0.25, -0.2) is 12.7 Å². The van der Waals surface area contributed by atoms with Gasteiger partial charge in [0.2, 0.25) is 10.0 Å². The van der Waals surface area contributed by atoms with Crippen LogP contribution in [0.25, 0.3) is 0 Å². The number of hydrogen-bond acceptors (Lipinski definition) is 4. The molecule has 0 radical (unpaired) electrons. The van der Waals surface area contributed by atoms with Crippen molar-refractivity contribution in [2.24, 2.45) is 0 Å². The maximum Gasteiger partial charge on any atom is 0.216 e. The third-order valence-electron chi connectivity index (χ3n) is 2.88. The van der Waals surface area contributed by atoms with E-state index >= 15 is 0 Å². The summed E-state index contributed by atoms with van der Waals surface area (Å²) in [7, 11) is -1.64. The van der Waals surface area contributed by atoms with E-state index in [9.17, 15) is 8.42 Å². The van der Waals surface area contributed by atoms with Crippen LogP contribution >= 0.6 is 0 Å². The van der Waals surface area contributed by atoms with E-state index in [1.165, 1.54) is 7.11 Å². The van der Waals surface area contributed by atoms with Gasteiger partial charge in [0.15, 0.2) is 0 Å². The van der Waals surface area contributed by atoms with Crippen molar-refractivity contribution >= 4 is 10.0 Å². The van der Waals surface area contributed by atoms with Crippen molar-refractivity contribution in [3.8, 4) is 0 Å². The lowest BCUT2D eigenvalue weighted by Gasteiger charge is -2.23. The standard InChI is InChI=1S/C10H22N2O3S/c1-3-12(9-10-5-4-6-11-10)16(13,14)8-7-15-2/h10-11H,3-9H2,1-2H3. The van der Waals surface area contributed by atoms with Crippen LogP contribution in [-0.4, -0.2) is 57.9 Å². The molecule has 96 valence electrons. The lowest BCUT2D eigenvalue weighted by molar-refractivity contribution is 0.215. The number of ether oxygens (including phenoxy) is 1. The monoisotopic (exact) mass is 250 g/mol. The SMILES string of the molecule is CCN(CC1CCCN1)S(=O)(=O)CCOC. The predicted molar refractivity (Wildman–Crippen MR) is 63.9 cm³/mol. The van der Waals surface area contributed by atoms with E-state index in [0.717, 1.165) is 19.4 Å². The van der Waals surface area contributed by atoms with E-state index in [1.807, 2.05) is 6.92 Å². The van der Waals surface area contributed by atoms with E-state index in [1.54, 1.807) is 4.31 Å². The molecule has 0 aromatic carbocycles. The molecule has 1 fully saturated rings. The van der Waals surface area contributed by atoms with Crippen molar-refractivity contribution in [1.82, 2.24) is 9.62 Å². The summed E-state index contributed by atoms with van der Waals surface area (Å²) in [6.45, 7) is 4.25. The highest BCUT2D eigenvalue weighted by atomic mass is 32.2. The average molecular weight is 250 g/mol. The number of rotatable bonds is 7. The second-order valence-electron chi connectivity index (χ2n) is 4.05. The largest absolute Gasteiger partial charge is 0.384 e. The van der Waals surface area contributed by atoms with E-state index in [4.69, 9.17) is 4.74 Å². The molecule has 0 amide bonds. The molecule has 1 atom stereocenters. The van der Waals surface area contributed by atoms with E-state index < -0.39 is 10.0 Å². The lowest BCUT2D eigenvalue weighted by atomic mass is 10.2. The van der Waals surface area contributed by atoms with Gasteiger partial charge >= 0.3 is 0 Å². The second-order valence-corrected chi connectivity index (χ2v) is 6.14. The Morgan fingerprint density at radius 1 is 1.50 bits per heavy atom. The van der Waals surface area contributed by atoms with Gasteiger partial charge in [-0.05, 0) is 19.4 Å². The first-order valence-corrected chi connectivity index (χ1v) is 7.41. The summed E-state index contributed by atoms with van der Waals surface area (Å²) in [5.74, 6) is 0.0735. The molecule has 1 heterocycles. The summed E-state index contributed by atoms with van der Waals surface area (Å²) >= 11 is 0. The normalized spacial score (nSPS) is 21.8. The minimum atomic E-state index is -3.15. The Morgan fingerprint density at radius 3 is 2.75 bits per heavy atom. The van der Waals surface area contributed by atoms with Gasteiger partial charge < -0.3 is 10.1 Å². The zero-order valence-corrected chi connectivity index (χ0v) is 10.9. The molecule has 1 saturated heterocycles. The van der Waals surface area contributed by atoms with Gasteiger partial charge in [0.1, 0.15) is 0 Å². The zero-order chi connectivity index (χ0) is 12.0. The molecule has 1 rings (SSSR count). The molecule has 1 aliphatic heterocycles. The van der Waals surface area contributed by atoms with Crippen LogP contribution in [0, 0.1) is 0 Å². The highest BCUT2D eigenvalue weighted by Crippen LogP contribution is 2.10. The van der Waals surface area contributed by atoms with E-state index in [0.29, 0.717) is 19.1 Å². The van der Waals surface area contributed by atoms with Gasteiger partial charge in [0, 0.05) is 26.2 Å². The number of nitrogens with one attached hydrogen (secondary N) is 1. The minimum absolute atomic E-state index is 0.0735. The number of nitrogens with zero attached hydrogens (tertiary/aromatic N) is 1. The van der Waals surface area contributed by atoms with E-state index in [2.05, 4.69) is 5.32 Å². The second kappa shape index (κ2) is 6.54. The molecule has 0 aromatic rings. The summed E-state index contributed by atoms with van der Waals surface area (Å²) in [5, 5.41) is 3.31. The molecule has 1 aliphatic rings. The van der Waals surface area contributed by atoms with Crippen LogP contribution in [0.5, 0.6) is 0 Å².